The summed E-state index contributed by atoms with van der Waals surface area (Å²) < 4.78 is 86.9. The van der Waals surface area contributed by atoms with Crippen molar-refractivity contribution in [3.63, 3.8) is 0 Å². The Kier molecular flexibility index (Phi) is 5.73. The van der Waals surface area contributed by atoms with Crippen LogP contribution in [0.25, 0.3) is 16.6 Å². The van der Waals surface area contributed by atoms with Crippen LogP contribution < -0.4 is 0 Å². The maximum absolute atomic E-state index is 14.0. The molecule has 0 spiro atoms. The first-order valence-corrected chi connectivity index (χ1v) is 9.36. The topological polar surface area (TPSA) is 31.2 Å². The van der Waals surface area contributed by atoms with Gasteiger partial charge >= 0.3 is 18.3 Å². The molecule has 3 aromatic rings. The predicted molar refractivity (Wildman–Crippen MR) is 103 cm³/mol. The van der Waals surface area contributed by atoms with Crippen LogP contribution in [0.4, 0.5) is 26.3 Å². The highest BCUT2D eigenvalue weighted by molar-refractivity contribution is 6.38. The predicted octanol–water partition coefficient (Wildman–Crippen LogP) is 7.30. The SMILES string of the molecule is CC(=O)OC(C)(c1cn(-c2c(Cl)cc(C(F)(F)F)cc2Cl)c2ccccc12)C(F)(F)F. The number of ether oxygens (including phenoxy) is 1. The van der Waals surface area contributed by atoms with Gasteiger partial charge in [0.05, 0.1) is 26.8 Å². The average molecular weight is 484 g/mol. The van der Waals surface area contributed by atoms with Gasteiger partial charge in [-0.2, -0.15) is 26.3 Å². The number of rotatable bonds is 3. The number of hydrogen-bond acceptors (Lipinski definition) is 2. The van der Waals surface area contributed by atoms with E-state index in [4.69, 9.17) is 23.2 Å². The second kappa shape index (κ2) is 7.63. The summed E-state index contributed by atoms with van der Waals surface area (Å²) in [5, 5.41) is -0.794. The molecule has 11 heteroatoms. The number of alkyl halides is 6. The molecule has 1 atom stereocenters. The van der Waals surface area contributed by atoms with Gasteiger partial charge in [-0.15, -0.1) is 0 Å². The van der Waals surface area contributed by atoms with E-state index in [9.17, 15) is 31.1 Å². The van der Waals surface area contributed by atoms with Crippen LogP contribution >= 0.6 is 23.2 Å². The number of carbonyl (C=O) groups excluding carboxylic acids is 1. The number of nitrogens with zero attached hydrogens (tertiary/aromatic N) is 1. The Bertz CT molecular complexity index is 1150. The molecule has 1 unspecified atom stereocenters. The van der Waals surface area contributed by atoms with Gasteiger partial charge in [-0.05, 0) is 25.1 Å². The van der Waals surface area contributed by atoms with E-state index in [1.807, 2.05) is 0 Å². The molecule has 0 N–H and O–H groups in total. The average Bonchev–Trinajstić information content (AvgIpc) is 2.99. The lowest BCUT2D eigenvalue weighted by atomic mass is 9.94. The van der Waals surface area contributed by atoms with E-state index in [2.05, 4.69) is 4.74 Å². The third kappa shape index (κ3) is 4.08. The molecule has 0 aliphatic carbocycles. The molecule has 3 nitrogen and oxygen atoms in total. The summed E-state index contributed by atoms with van der Waals surface area (Å²) in [4.78, 5) is 11.5. The minimum Gasteiger partial charge on any atom is -0.445 e. The van der Waals surface area contributed by atoms with Gasteiger partial charge in [0.25, 0.3) is 0 Å². The van der Waals surface area contributed by atoms with Crippen molar-refractivity contribution in [3.8, 4) is 5.69 Å². The van der Waals surface area contributed by atoms with E-state index >= 15 is 0 Å². The Morgan fingerprint density at radius 1 is 1.00 bits per heavy atom. The summed E-state index contributed by atoms with van der Waals surface area (Å²) in [5.41, 5.74) is -4.55. The van der Waals surface area contributed by atoms with Crippen molar-refractivity contribution >= 4 is 40.1 Å². The zero-order valence-corrected chi connectivity index (χ0v) is 17.3. The summed E-state index contributed by atoms with van der Waals surface area (Å²) in [6, 6.07) is 7.05. The Labute approximate surface area is 182 Å². The Morgan fingerprint density at radius 3 is 2.03 bits per heavy atom. The summed E-state index contributed by atoms with van der Waals surface area (Å²) in [6.07, 6.45) is -8.72. The molecule has 1 aromatic heterocycles. The van der Waals surface area contributed by atoms with Crippen molar-refractivity contribution in [2.75, 3.05) is 0 Å². The maximum atomic E-state index is 14.0. The molecule has 3 rings (SSSR count). The summed E-state index contributed by atoms with van der Waals surface area (Å²) >= 11 is 12.1. The van der Waals surface area contributed by atoms with Crippen LogP contribution in [0, 0.1) is 0 Å². The molecule has 166 valence electrons. The van der Waals surface area contributed by atoms with Gasteiger partial charge in [-0.1, -0.05) is 41.4 Å². The Hall–Kier alpha value is -2.39. The number of para-hydroxylation sites is 1. The number of fused-ring (bicyclic) bond motifs is 1. The molecule has 31 heavy (non-hydrogen) atoms. The van der Waals surface area contributed by atoms with Gasteiger partial charge in [0.15, 0.2) is 0 Å². The fourth-order valence-electron chi connectivity index (χ4n) is 3.26. The molecule has 1 heterocycles. The number of hydrogen-bond donors (Lipinski definition) is 0. The molecule has 2 aromatic carbocycles. The molecule has 0 saturated carbocycles. The summed E-state index contributed by atoms with van der Waals surface area (Å²) in [7, 11) is 0. The zero-order valence-electron chi connectivity index (χ0n) is 15.8. The van der Waals surface area contributed by atoms with Crippen molar-refractivity contribution in [2.24, 2.45) is 0 Å². The monoisotopic (exact) mass is 483 g/mol. The number of carbonyl (C=O) groups is 1. The molecular weight excluding hydrogens is 471 g/mol. The van der Waals surface area contributed by atoms with Crippen LogP contribution in [0.1, 0.15) is 25.0 Å². The molecule has 0 fully saturated rings. The van der Waals surface area contributed by atoms with Crippen LogP contribution in [0.3, 0.4) is 0 Å². The van der Waals surface area contributed by atoms with Crippen molar-refractivity contribution in [2.45, 2.75) is 31.8 Å². The van der Waals surface area contributed by atoms with Gasteiger partial charge in [-0.25, -0.2) is 0 Å². The van der Waals surface area contributed by atoms with Crippen molar-refractivity contribution in [1.29, 1.82) is 0 Å². The van der Waals surface area contributed by atoms with Crippen molar-refractivity contribution in [1.82, 2.24) is 4.57 Å². The number of halogens is 8. The van der Waals surface area contributed by atoms with Crippen molar-refractivity contribution in [3.05, 3.63) is 63.8 Å². The second-order valence-electron chi connectivity index (χ2n) is 6.84. The molecule has 0 bridgehead atoms. The van der Waals surface area contributed by atoms with E-state index in [0.29, 0.717) is 19.1 Å². The third-order valence-electron chi connectivity index (χ3n) is 4.70. The lowest BCUT2D eigenvalue weighted by Gasteiger charge is -2.31. The highest BCUT2D eigenvalue weighted by atomic mass is 35.5. The normalized spacial score (nSPS) is 14.5. The van der Waals surface area contributed by atoms with Crippen molar-refractivity contribution < 1.29 is 35.9 Å². The third-order valence-corrected chi connectivity index (χ3v) is 5.28. The van der Waals surface area contributed by atoms with E-state index in [1.165, 1.54) is 24.3 Å². The van der Waals surface area contributed by atoms with Gasteiger partial charge < -0.3 is 9.30 Å². The first-order chi connectivity index (χ1) is 14.2. The molecule has 0 amide bonds. The van der Waals surface area contributed by atoms with Crippen LogP contribution in [0.5, 0.6) is 0 Å². The summed E-state index contributed by atoms with van der Waals surface area (Å²) in [6.45, 7) is 1.53. The van der Waals surface area contributed by atoms with E-state index in [-0.39, 0.29) is 16.6 Å². The summed E-state index contributed by atoms with van der Waals surface area (Å²) in [5.74, 6) is -1.16. The quantitative estimate of drug-likeness (QED) is 0.289. The van der Waals surface area contributed by atoms with E-state index < -0.39 is 45.1 Å². The van der Waals surface area contributed by atoms with Gasteiger partial charge in [-0.3, -0.25) is 4.79 Å². The lowest BCUT2D eigenvalue weighted by Crippen LogP contribution is -2.43. The van der Waals surface area contributed by atoms with E-state index in [0.717, 1.165) is 17.7 Å². The van der Waals surface area contributed by atoms with Gasteiger partial charge in [0.1, 0.15) is 0 Å². The van der Waals surface area contributed by atoms with Crippen LogP contribution in [-0.2, 0) is 21.3 Å². The Morgan fingerprint density at radius 2 is 1.55 bits per heavy atom. The number of benzene rings is 2. The molecule has 0 radical (unpaired) electrons. The highest BCUT2D eigenvalue weighted by Crippen LogP contribution is 2.47. The fraction of sp³-hybridized carbons (Fsp3) is 0.250. The molecule has 0 aliphatic rings. The molecule has 0 saturated heterocycles. The zero-order chi connectivity index (χ0) is 23.4. The molecular formula is C20H13Cl2F6NO2. The number of aromatic nitrogens is 1. The van der Waals surface area contributed by atoms with Crippen LogP contribution in [0.15, 0.2) is 42.6 Å². The Balaban J connectivity index is 2.35. The second-order valence-corrected chi connectivity index (χ2v) is 7.66. The first kappa shape index (κ1) is 23.3. The van der Waals surface area contributed by atoms with Gasteiger partial charge in [0, 0.05) is 24.1 Å². The standard InChI is InChI=1S/C20H13Cl2F6NO2/c1-10(30)31-18(2,20(26,27)28)13-9-29(16-6-4-3-5-12(13)16)17-14(21)7-11(8-15(17)22)19(23,24)25/h3-9H,1-2H3. The van der Waals surface area contributed by atoms with E-state index in [1.54, 1.807) is 0 Å². The lowest BCUT2D eigenvalue weighted by molar-refractivity contribution is -0.268. The van der Waals surface area contributed by atoms with Crippen LogP contribution in [-0.4, -0.2) is 16.7 Å². The smallest absolute Gasteiger partial charge is 0.432 e. The molecule has 0 aliphatic heterocycles. The highest BCUT2D eigenvalue weighted by Gasteiger charge is 2.57. The first-order valence-electron chi connectivity index (χ1n) is 8.60. The largest absolute Gasteiger partial charge is 0.445 e. The fourth-order valence-corrected chi connectivity index (χ4v) is 3.93. The van der Waals surface area contributed by atoms with Crippen LogP contribution in [0.2, 0.25) is 10.0 Å². The van der Waals surface area contributed by atoms with Gasteiger partial charge in [0.2, 0.25) is 5.60 Å². The minimum atomic E-state index is -5.00. The minimum absolute atomic E-state index is 0.0515. The maximum Gasteiger partial charge on any atom is 0.432 e. The number of esters is 1.